The van der Waals surface area contributed by atoms with E-state index in [0.29, 0.717) is 5.75 Å². The summed E-state index contributed by atoms with van der Waals surface area (Å²) in [5.41, 5.74) is 3.17. The lowest BCUT2D eigenvalue weighted by molar-refractivity contribution is -0.127. The molecular weight excluding hydrogens is 322 g/mol. The predicted molar refractivity (Wildman–Crippen MR) is 104 cm³/mol. The largest absolute Gasteiger partial charge is 0.481 e. The van der Waals surface area contributed by atoms with E-state index in [2.05, 4.69) is 5.32 Å². The zero-order valence-corrected chi connectivity index (χ0v) is 15.1. The average molecular weight is 345 g/mol. The van der Waals surface area contributed by atoms with Crippen molar-refractivity contribution in [3.8, 4) is 5.75 Å². The molecule has 0 fully saturated rings. The predicted octanol–water partition coefficient (Wildman–Crippen LogP) is 4.67. The number of aryl methyl sites for hydroxylation is 1. The molecule has 0 spiro atoms. The molecule has 0 aromatic heterocycles. The Morgan fingerprint density at radius 3 is 1.96 bits per heavy atom. The van der Waals surface area contributed by atoms with Crippen LogP contribution in [0.3, 0.4) is 0 Å². The third-order valence-corrected chi connectivity index (χ3v) is 4.22. The van der Waals surface area contributed by atoms with Gasteiger partial charge in [0.05, 0.1) is 6.04 Å². The van der Waals surface area contributed by atoms with E-state index in [0.717, 1.165) is 16.7 Å². The standard InChI is InChI=1S/C23H23NO2/c1-17-10-9-15-21(16-17)26-18(2)23(25)24-22(19-11-5-3-6-12-19)20-13-7-4-8-14-20/h3-16,18,22H,1-2H3,(H,24,25). The summed E-state index contributed by atoms with van der Waals surface area (Å²) < 4.78 is 5.82. The zero-order chi connectivity index (χ0) is 18.4. The van der Waals surface area contributed by atoms with Gasteiger partial charge < -0.3 is 10.1 Å². The van der Waals surface area contributed by atoms with Crippen LogP contribution in [0.4, 0.5) is 0 Å². The monoisotopic (exact) mass is 345 g/mol. The van der Waals surface area contributed by atoms with Crippen LogP contribution in [0.15, 0.2) is 84.9 Å². The first-order chi connectivity index (χ1) is 12.6. The molecule has 0 radical (unpaired) electrons. The van der Waals surface area contributed by atoms with Crippen molar-refractivity contribution in [3.05, 3.63) is 102 Å². The van der Waals surface area contributed by atoms with E-state index in [1.54, 1.807) is 6.92 Å². The quantitative estimate of drug-likeness (QED) is 0.705. The van der Waals surface area contributed by atoms with E-state index in [1.165, 1.54) is 0 Å². The van der Waals surface area contributed by atoms with Gasteiger partial charge in [-0.1, -0.05) is 72.8 Å². The van der Waals surface area contributed by atoms with E-state index in [9.17, 15) is 4.79 Å². The van der Waals surface area contributed by atoms with Gasteiger partial charge in [-0.25, -0.2) is 0 Å². The maximum Gasteiger partial charge on any atom is 0.261 e. The van der Waals surface area contributed by atoms with Crippen molar-refractivity contribution in [2.45, 2.75) is 26.0 Å². The van der Waals surface area contributed by atoms with Crippen LogP contribution in [0.5, 0.6) is 5.75 Å². The Kier molecular flexibility index (Phi) is 5.69. The first-order valence-corrected chi connectivity index (χ1v) is 8.77. The van der Waals surface area contributed by atoms with Crippen LogP contribution in [-0.2, 0) is 4.79 Å². The van der Waals surface area contributed by atoms with E-state index in [1.807, 2.05) is 91.9 Å². The molecule has 0 aliphatic heterocycles. The minimum Gasteiger partial charge on any atom is -0.481 e. The molecule has 1 atom stereocenters. The van der Waals surface area contributed by atoms with E-state index >= 15 is 0 Å². The Hall–Kier alpha value is -3.07. The lowest BCUT2D eigenvalue weighted by Gasteiger charge is -2.22. The molecule has 3 nitrogen and oxygen atoms in total. The third kappa shape index (κ3) is 4.51. The molecule has 0 aliphatic rings. The number of ether oxygens (including phenoxy) is 1. The summed E-state index contributed by atoms with van der Waals surface area (Å²) >= 11 is 0. The van der Waals surface area contributed by atoms with Crippen LogP contribution in [0, 0.1) is 6.92 Å². The minimum atomic E-state index is -0.591. The van der Waals surface area contributed by atoms with Gasteiger partial charge >= 0.3 is 0 Å². The Morgan fingerprint density at radius 1 is 0.846 bits per heavy atom. The van der Waals surface area contributed by atoms with E-state index < -0.39 is 6.10 Å². The molecule has 0 aliphatic carbocycles. The smallest absolute Gasteiger partial charge is 0.261 e. The summed E-state index contributed by atoms with van der Waals surface area (Å²) in [7, 11) is 0. The summed E-state index contributed by atoms with van der Waals surface area (Å²) in [6, 6.07) is 27.4. The molecule has 3 rings (SSSR count). The molecule has 0 saturated carbocycles. The van der Waals surface area contributed by atoms with E-state index in [4.69, 9.17) is 4.74 Å². The van der Waals surface area contributed by atoms with Crippen LogP contribution in [0.2, 0.25) is 0 Å². The Bertz CT molecular complexity index is 807. The highest BCUT2D eigenvalue weighted by Crippen LogP contribution is 2.22. The SMILES string of the molecule is Cc1cccc(OC(C)C(=O)NC(c2ccccc2)c2ccccc2)c1. The van der Waals surface area contributed by atoms with Crippen molar-refractivity contribution >= 4 is 5.91 Å². The van der Waals surface area contributed by atoms with Gasteiger partial charge in [-0.2, -0.15) is 0 Å². The fourth-order valence-electron chi connectivity index (χ4n) is 2.86. The summed E-state index contributed by atoms with van der Waals surface area (Å²) in [4.78, 5) is 12.8. The molecule has 0 heterocycles. The number of amides is 1. The van der Waals surface area contributed by atoms with Crippen LogP contribution in [0.1, 0.15) is 29.7 Å². The Labute approximate surface area is 154 Å². The lowest BCUT2D eigenvalue weighted by atomic mass is 9.98. The fourth-order valence-corrected chi connectivity index (χ4v) is 2.86. The van der Waals surface area contributed by atoms with Gasteiger partial charge in [-0.3, -0.25) is 4.79 Å². The second-order valence-electron chi connectivity index (χ2n) is 6.34. The first kappa shape index (κ1) is 17.7. The average Bonchev–Trinajstić information content (AvgIpc) is 2.67. The topological polar surface area (TPSA) is 38.3 Å². The number of hydrogen-bond donors (Lipinski definition) is 1. The highest BCUT2D eigenvalue weighted by Gasteiger charge is 2.21. The van der Waals surface area contributed by atoms with Crippen LogP contribution < -0.4 is 10.1 Å². The highest BCUT2D eigenvalue weighted by atomic mass is 16.5. The van der Waals surface area contributed by atoms with Crippen LogP contribution in [0.25, 0.3) is 0 Å². The molecular formula is C23H23NO2. The summed E-state index contributed by atoms with van der Waals surface area (Å²) in [6.45, 7) is 3.77. The van der Waals surface area contributed by atoms with E-state index in [-0.39, 0.29) is 11.9 Å². The number of nitrogens with one attached hydrogen (secondary N) is 1. The number of carbonyl (C=O) groups excluding carboxylic acids is 1. The third-order valence-electron chi connectivity index (χ3n) is 4.22. The molecule has 1 unspecified atom stereocenters. The minimum absolute atomic E-state index is 0.149. The normalized spacial score (nSPS) is 11.8. The second kappa shape index (κ2) is 8.34. The Morgan fingerprint density at radius 2 is 1.42 bits per heavy atom. The molecule has 132 valence electrons. The van der Waals surface area contributed by atoms with Crippen molar-refractivity contribution in [2.24, 2.45) is 0 Å². The molecule has 3 heteroatoms. The van der Waals surface area contributed by atoms with Crippen LogP contribution >= 0.6 is 0 Å². The van der Waals surface area contributed by atoms with Gasteiger partial charge in [0.15, 0.2) is 6.10 Å². The Balaban J connectivity index is 1.77. The molecule has 3 aromatic carbocycles. The zero-order valence-electron chi connectivity index (χ0n) is 15.1. The molecule has 1 amide bonds. The fraction of sp³-hybridized carbons (Fsp3) is 0.174. The molecule has 0 saturated heterocycles. The number of carbonyl (C=O) groups is 1. The maximum absolute atomic E-state index is 12.8. The van der Waals surface area contributed by atoms with Gasteiger partial charge in [0, 0.05) is 0 Å². The van der Waals surface area contributed by atoms with Crippen molar-refractivity contribution in [1.82, 2.24) is 5.32 Å². The van der Waals surface area contributed by atoms with Crippen molar-refractivity contribution in [3.63, 3.8) is 0 Å². The number of rotatable bonds is 6. The van der Waals surface area contributed by atoms with Gasteiger partial charge in [0.2, 0.25) is 0 Å². The first-order valence-electron chi connectivity index (χ1n) is 8.77. The van der Waals surface area contributed by atoms with Crippen molar-refractivity contribution in [2.75, 3.05) is 0 Å². The van der Waals surface area contributed by atoms with Gasteiger partial charge in [0.1, 0.15) is 5.75 Å². The summed E-state index contributed by atoms with van der Waals surface area (Å²) in [5, 5.41) is 3.12. The number of benzene rings is 3. The lowest BCUT2D eigenvalue weighted by Crippen LogP contribution is -2.39. The molecule has 3 aromatic rings. The summed E-state index contributed by atoms with van der Waals surface area (Å²) in [5.74, 6) is 0.549. The second-order valence-corrected chi connectivity index (χ2v) is 6.34. The van der Waals surface area contributed by atoms with Gasteiger partial charge in [0.25, 0.3) is 5.91 Å². The highest BCUT2D eigenvalue weighted by molar-refractivity contribution is 5.81. The van der Waals surface area contributed by atoms with Gasteiger partial charge in [-0.05, 0) is 42.7 Å². The molecule has 0 bridgehead atoms. The van der Waals surface area contributed by atoms with Crippen molar-refractivity contribution < 1.29 is 9.53 Å². The number of hydrogen-bond acceptors (Lipinski definition) is 2. The molecule has 26 heavy (non-hydrogen) atoms. The summed E-state index contributed by atoms with van der Waals surface area (Å²) in [6.07, 6.45) is -0.591. The maximum atomic E-state index is 12.8. The van der Waals surface area contributed by atoms with Crippen molar-refractivity contribution in [1.29, 1.82) is 0 Å². The van der Waals surface area contributed by atoms with Crippen LogP contribution in [-0.4, -0.2) is 12.0 Å². The van der Waals surface area contributed by atoms with Gasteiger partial charge in [-0.15, -0.1) is 0 Å². The molecule has 1 N–H and O–H groups in total.